The van der Waals surface area contributed by atoms with Crippen LogP contribution in [0.15, 0.2) is 0 Å². The second-order valence-electron chi connectivity index (χ2n) is 4.78. The van der Waals surface area contributed by atoms with E-state index in [1.54, 1.807) is 20.8 Å². The molecule has 2 aromatic heterocycles. The van der Waals surface area contributed by atoms with Crippen molar-refractivity contribution in [2.45, 2.75) is 26.5 Å². The molecule has 9 heteroatoms. The van der Waals surface area contributed by atoms with Crippen molar-refractivity contribution in [3.8, 4) is 0 Å². The molecule has 130 valence electrons. The fourth-order valence-electron chi connectivity index (χ4n) is 2.10. The van der Waals surface area contributed by atoms with Crippen molar-refractivity contribution < 1.29 is 19.1 Å². The molecule has 0 aliphatic carbocycles. The first-order chi connectivity index (χ1) is 11.5. The second-order valence-corrected chi connectivity index (χ2v) is 6.76. The number of fused-ring (bicyclic) bond motifs is 1. The van der Waals surface area contributed by atoms with E-state index in [1.807, 2.05) is 0 Å². The number of hydrogen-bond donors (Lipinski definition) is 1. The van der Waals surface area contributed by atoms with Gasteiger partial charge in [-0.1, -0.05) is 0 Å². The Bertz CT molecular complexity index is 761. The van der Waals surface area contributed by atoms with Crippen LogP contribution in [0.4, 0.5) is 5.82 Å². The van der Waals surface area contributed by atoms with Gasteiger partial charge in [0.05, 0.1) is 30.1 Å². The summed E-state index contributed by atoms with van der Waals surface area (Å²) in [7, 11) is 0. The Kier molecular flexibility index (Phi) is 6.38. The summed E-state index contributed by atoms with van der Waals surface area (Å²) in [6.07, 6.45) is 0. The molecule has 0 radical (unpaired) electrons. The standard InChI is InChI=1S/C15H19N3O4S2/c1-4-21-10(19)7-23-6-9-17-13(16)11-8(3)12(15(20)22-5-2)24-14(11)18-9/h4-7H2,1-3H3,(H2,16,17,18). The van der Waals surface area contributed by atoms with E-state index < -0.39 is 0 Å². The average Bonchev–Trinajstić information content (AvgIpc) is 2.85. The molecule has 0 saturated carbocycles. The first-order valence-electron chi connectivity index (χ1n) is 7.43. The van der Waals surface area contributed by atoms with Crippen LogP contribution in [0.3, 0.4) is 0 Å². The SMILES string of the molecule is CCOC(=O)CSCc1nc(N)c2c(C)c(C(=O)OCC)sc2n1. The quantitative estimate of drug-likeness (QED) is 0.743. The Morgan fingerprint density at radius 3 is 2.58 bits per heavy atom. The number of ether oxygens (including phenoxy) is 2. The number of thiophene rings is 1. The molecule has 0 aromatic carbocycles. The van der Waals surface area contributed by atoms with Crippen molar-refractivity contribution in [1.29, 1.82) is 0 Å². The van der Waals surface area contributed by atoms with Gasteiger partial charge < -0.3 is 15.2 Å². The number of esters is 2. The van der Waals surface area contributed by atoms with Crippen LogP contribution < -0.4 is 5.73 Å². The summed E-state index contributed by atoms with van der Waals surface area (Å²) in [6.45, 7) is 6.00. The Morgan fingerprint density at radius 1 is 1.21 bits per heavy atom. The highest BCUT2D eigenvalue weighted by molar-refractivity contribution is 7.99. The topological polar surface area (TPSA) is 104 Å². The first kappa shape index (κ1) is 18.5. The van der Waals surface area contributed by atoms with Crippen LogP contribution >= 0.6 is 23.1 Å². The predicted molar refractivity (Wildman–Crippen MR) is 95.3 cm³/mol. The van der Waals surface area contributed by atoms with Crippen LogP contribution in [0, 0.1) is 6.92 Å². The predicted octanol–water partition coefficient (Wildman–Crippen LogP) is 2.55. The molecule has 0 spiro atoms. The van der Waals surface area contributed by atoms with Crippen LogP contribution in [0.1, 0.15) is 34.9 Å². The zero-order valence-electron chi connectivity index (χ0n) is 13.7. The zero-order valence-corrected chi connectivity index (χ0v) is 15.4. The molecule has 24 heavy (non-hydrogen) atoms. The zero-order chi connectivity index (χ0) is 17.7. The third-order valence-corrected chi connectivity index (χ3v) is 5.15. The van der Waals surface area contributed by atoms with Gasteiger partial charge in [0.15, 0.2) is 0 Å². The van der Waals surface area contributed by atoms with Gasteiger partial charge in [-0.15, -0.1) is 23.1 Å². The van der Waals surface area contributed by atoms with Gasteiger partial charge in [-0.2, -0.15) is 0 Å². The van der Waals surface area contributed by atoms with Crippen LogP contribution in [-0.4, -0.2) is 40.9 Å². The molecule has 0 amide bonds. The number of carbonyl (C=O) groups excluding carboxylic acids is 2. The molecular weight excluding hydrogens is 350 g/mol. The van der Waals surface area contributed by atoms with Gasteiger partial charge in [-0.05, 0) is 26.3 Å². The highest BCUT2D eigenvalue weighted by Gasteiger charge is 2.20. The molecule has 0 fully saturated rings. The fourth-order valence-corrected chi connectivity index (χ4v) is 3.87. The van der Waals surface area contributed by atoms with Crippen LogP contribution in [-0.2, 0) is 20.0 Å². The summed E-state index contributed by atoms with van der Waals surface area (Å²) in [6, 6.07) is 0. The van der Waals surface area contributed by atoms with Gasteiger partial charge in [-0.3, -0.25) is 4.79 Å². The number of aromatic nitrogens is 2. The molecular formula is C15H19N3O4S2. The lowest BCUT2D eigenvalue weighted by molar-refractivity contribution is -0.139. The smallest absolute Gasteiger partial charge is 0.348 e. The van der Waals surface area contributed by atoms with Gasteiger partial charge in [0, 0.05) is 0 Å². The molecule has 7 nitrogen and oxygen atoms in total. The van der Waals surface area contributed by atoms with E-state index in [4.69, 9.17) is 15.2 Å². The summed E-state index contributed by atoms with van der Waals surface area (Å²) in [5.41, 5.74) is 6.76. The minimum absolute atomic E-state index is 0.229. The monoisotopic (exact) mass is 369 g/mol. The number of nitrogen functional groups attached to an aromatic ring is 1. The van der Waals surface area contributed by atoms with E-state index >= 15 is 0 Å². The number of nitrogens with zero attached hydrogens (tertiary/aromatic N) is 2. The maximum atomic E-state index is 12.0. The number of carbonyl (C=O) groups is 2. The number of aryl methyl sites for hydroxylation is 1. The van der Waals surface area contributed by atoms with Gasteiger partial charge in [0.1, 0.15) is 21.3 Å². The van der Waals surface area contributed by atoms with Gasteiger partial charge in [-0.25, -0.2) is 14.8 Å². The van der Waals surface area contributed by atoms with E-state index in [9.17, 15) is 9.59 Å². The Labute approximate surface area is 147 Å². The largest absolute Gasteiger partial charge is 0.465 e. The molecule has 0 bridgehead atoms. The number of thioether (sulfide) groups is 1. The van der Waals surface area contributed by atoms with Gasteiger partial charge in [0.2, 0.25) is 0 Å². The molecule has 0 saturated heterocycles. The molecule has 0 atom stereocenters. The van der Waals surface area contributed by atoms with Crippen molar-refractivity contribution in [2.24, 2.45) is 0 Å². The summed E-state index contributed by atoms with van der Waals surface area (Å²) in [5.74, 6) is 0.864. The average molecular weight is 369 g/mol. The lowest BCUT2D eigenvalue weighted by atomic mass is 10.2. The van der Waals surface area contributed by atoms with Crippen molar-refractivity contribution in [2.75, 3.05) is 24.7 Å². The van der Waals surface area contributed by atoms with Gasteiger partial charge in [0.25, 0.3) is 0 Å². The second kappa shape index (κ2) is 8.29. The molecule has 2 rings (SSSR count). The van der Waals surface area contributed by atoms with Gasteiger partial charge >= 0.3 is 11.9 Å². The summed E-state index contributed by atoms with van der Waals surface area (Å²) >= 11 is 2.60. The Balaban J connectivity index is 2.20. The summed E-state index contributed by atoms with van der Waals surface area (Å²) in [4.78, 5) is 33.2. The van der Waals surface area contributed by atoms with Crippen LogP contribution in [0.2, 0.25) is 0 Å². The van der Waals surface area contributed by atoms with Crippen molar-refractivity contribution in [1.82, 2.24) is 9.97 Å². The number of nitrogens with two attached hydrogens (primary N) is 1. The maximum Gasteiger partial charge on any atom is 0.348 e. The lowest BCUT2D eigenvalue weighted by Gasteiger charge is -2.04. The van der Waals surface area contributed by atoms with Crippen LogP contribution in [0.5, 0.6) is 0 Å². The van der Waals surface area contributed by atoms with E-state index in [-0.39, 0.29) is 17.7 Å². The Hall–Kier alpha value is -1.87. The molecule has 2 aromatic rings. The maximum absolute atomic E-state index is 12.0. The van der Waals surface area contributed by atoms with E-state index in [0.717, 1.165) is 5.56 Å². The van der Waals surface area contributed by atoms with Crippen LogP contribution in [0.25, 0.3) is 10.2 Å². The molecule has 2 N–H and O–H groups in total. The van der Waals surface area contributed by atoms with Crippen molar-refractivity contribution >= 4 is 51.1 Å². The first-order valence-corrected chi connectivity index (χ1v) is 9.41. The molecule has 2 heterocycles. The minimum Gasteiger partial charge on any atom is -0.465 e. The minimum atomic E-state index is -0.379. The van der Waals surface area contributed by atoms with E-state index in [1.165, 1.54) is 23.1 Å². The van der Waals surface area contributed by atoms with E-state index in [2.05, 4.69) is 9.97 Å². The Morgan fingerprint density at radius 2 is 1.92 bits per heavy atom. The molecule has 0 unspecified atom stereocenters. The van der Waals surface area contributed by atoms with E-state index in [0.29, 0.717) is 45.7 Å². The number of rotatable bonds is 7. The lowest BCUT2D eigenvalue weighted by Crippen LogP contribution is -2.07. The summed E-state index contributed by atoms with van der Waals surface area (Å²) < 4.78 is 9.92. The van der Waals surface area contributed by atoms with Crippen molar-refractivity contribution in [3.05, 3.63) is 16.3 Å². The highest BCUT2D eigenvalue weighted by atomic mass is 32.2. The fraction of sp³-hybridized carbons (Fsp3) is 0.467. The molecule has 0 aliphatic rings. The normalized spacial score (nSPS) is 10.8. The summed E-state index contributed by atoms with van der Waals surface area (Å²) in [5, 5.41) is 0.683. The molecule has 0 aliphatic heterocycles. The number of anilines is 1. The number of hydrogen-bond acceptors (Lipinski definition) is 9. The van der Waals surface area contributed by atoms with Crippen molar-refractivity contribution in [3.63, 3.8) is 0 Å². The third kappa shape index (κ3) is 4.15. The highest BCUT2D eigenvalue weighted by Crippen LogP contribution is 2.33. The third-order valence-electron chi connectivity index (χ3n) is 3.08.